The molecule has 1 heterocycles. The number of amides is 2. The second-order valence-electron chi connectivity index (χ2n) is 5.00. The number of carbonyl (C=O) groups excluding carboxylic acids is 3. The number of rotatable bonds is 15. The standard InChI is InChI=1S/C14H22N4O7/c15-16-17-25-10-9-24-8-7-23-6-5-22-4-3-12(19)11-18-13(20)1-2-14(18)21/h1-11H2. The highest BCUT2D eigenvalue weighted by atomic mass is 16.7. The van der Waals surface area contributed by atoms with Crippen LogP contribution in [0.4, 0.5) is 0 Å². The van der Waals surface area contributed by atoms with Crippen LogP contribution in [0.3, 0.4) is 0 Å². The highest BCUT2D eigenvalue weighted by molar-refractivity contribution is 6.04. The summed E-state index contributed by atoms with van der Waals surface area (Å²) in [7, 11) is 0. The quantitative estimate of drug-likeness (QED) is 0.103. The molecule has 0 bridgehead atoms. The van der Waals surface area contributed by atoms with Gasteiger partial charge in [-0.2, -0.15) is 0 Å². The van der Waals surface area contributed by atoms with Crippen LogP contribution in [0.15, 0.2) is 5.28 Å². The molecule has 1 fully saturated rings. The Morgan fingerprint density at radius 3 is 2.04 bits per heavy atom. The molecular weight excluding hydrogens is 336 g/mol. The zero-order valence-corrected chi connectivity index (χ0v) is 13.9. The Kier molecular flexibility index (Phi) is 10.9. The van der Waals surface area contributed by atoms with Gasteiger partial charge >= 0.3 is 0 Å². The van der Waals surface area contributed by atoms with Gasteiger partial charge in [-0.3, -0.25) is 19.3 Å². The van der Waals surface area contributed by atoms with E-state index in [0.29, 0.717) is 33.0 Å². The van der Waals surface area contributed by atoms with E-state index in [2.05, 4.69) is 15.0 Å². The molecule has 1 rings (SSSR count). The van der Waals surface area contributed by atoms with Crippen molar-refractivity contribution in [1.29, 1.82) is 0 Å². The second kappa shape index (κ2) is 13.1. The van der Waals surface area contributed by atoms with Gasteiger partial charge in [0.1, 0.15) is 11.9 Å². The van der Waals surface area contributed by atoms with Gasteiger partial charge in [-0.1, -0.05) is 0 Å². The lowest BCUT2D eigenvalue weighted by molar-refractivity contribution is -0.142. The number of nitrogens with zero attached hydrogens (tertiary/aromatic N) is 4. The molecule has 140 valence electrons. The number of azide groups is 1. The number of likely N-dealkylation sites (tertiary alicyclic amines) is 1. The molecule has 11 nitrogen and oxygen atoms in total. The molecule has 0 N–H and O–H groups in total. The summed E-state index contributed by atoms with van der Waals surface area (Å²) < 4.78 is 15.6. The fourth-order valence-corrected chi connectivity index (χ4v) is 1.95. The van der Waals surface area contributed by atoms with Gasteiger partial charge in [0.05, 0.1) is 46.2 Å². The molecule has 0 aromatic heterocycles. The van der Waals surface area contributed by atoms with Gasteiger partial charge in [0, 0.05) is 24.2 Å². The maximum Gasteiger partial charge on any atom is 0.230 e. The number of hydrogen-bond donors (Lipinski definition) is 0. The Morgan fingerprint density at radius 2 is 1.48 bits per heavy atom. The van der Waals surface area contributed by atoms with Gasteiger partial charge in [-0.05, 0) is 5.53 Å². The summed E-state index contributed by atoms with van der Waals surface area (Å²) in [4.78, 5) is 42.3. The minimum absolute atomic E-state index is 0.144. The summed E-state index contributed by atoms with van der Waals surface area (Å²) in [6.07, 6.45) is 0.514. The molecule has 0 aromatic rings. The number of imide groups is 1. The third-order valence-electron chi connectivity index (χ3n) is 3.17. The smallest absolute Gasteiger partial charge is 0.230 e. The zero-order chi connectivity index (χ0) is 18.3. The van der Waals surface area contributed by atoms with Crippen molar-refractivity contribution >= 4 is 17.6 Å². The van der Waals surface area contributed by atoms with Crippen LogP contribution in [-0.2, 0) is 33.4 Å². The molecule has 1 saturated heterocycles. The zero-order valence-electron chi connectivity index (χ0n) is 13.9. The van der Waals surface area contributed by atoms with Crippen LogP contribution in [-0.4, -0.2) is 75.3 Å². The molecule has 0 radical (unpaired) electrons. The van der Waals surface area contributed by atoms with Gasteiger partial charge in [-0.15, -0.1) is 0 Å². The number of ether oxygens (including phenoxy) is 3. The Hall–Kier alpha value is -2.20. The second-order valence-corrected chi connectivity index (χ2v) is 5.00. The third kappa shape index (κ3) is 9.62. The van der Waals surface area contributed by atoms with E-state index in [1.807, 2.05) is 0 Å². The van der Waals surface area contributed by atoms with Gasteiger partial charge in [-0.25, -0.2) is 0 Å². The van der Waals surface area contributed by atoms with E-state index in [1.54, 1.807) is 0 Å². The molecule has 0 aliphatic carbocycles. The van der Waals surface area contributed by atoms with Crippen LogP contribution in [0.25, 0.3) is 10.4 Å². The van der Waals surface area contributed by atoms with Gasteiger partial charge < -0.3 is 19.0 Å². The maximum absolute atomic E-state index is 11.7. The van der Waals surface area contributed by atoms with Crippen molar-refractivity contribution in [2.45, 2.75) is 19.3 Å². The van der Waals surface area contributed by atoms with Crippen LogP contribution in [0, 0.1) is 0 Å². The summed E-state index contributed by atoms with van der Waals surface area (Å²) in [5.74, 6) is -0.792. The molecule has 0 spiro atoms. The predicted molar refractivity (Wildman–Crippen MR) is 83.1 cm³/mol. The SMILES string of the molecule is [N-]=[N+]=NOCCOCCOCCOCCC(=O)CN1C(=O)CCC1=O. The normalized spacial score (nSPS) is 13.8. The maximum atomic E-state index is 11.7. The first-order chi connectivity index (χ1) is 12.1. The molecule has 0 unspecified atom stereocenters. The monoisotopic (exact) mass is 358 g/mol. The van der Waals surface area contributed by atoms with Crippen molar-refractivity contribution in [2.75, 3.05) is 52.8 Å². The summed E-state index contributed by atoms with van der Waals surface area (Å²) in [5, 5.41) is 2.89. The van der Waals surface area contributed by atoms with Gasteiger partial charge in [0.15, 0.2) is 5.78 Å². The summed E-state index contributed by atoms with van der Waals surface area (Å²) in [6.45, 7) is 1.95. The highest BCUT2D eigenvalue weighted by Crippen LogP contribution is 2.11. The highest BCUT2D eigenvalue weighted by Gasteiger charge is 2.30. The van der Waals surface area contributed by atoms with Crippen LogP contribution in [0.5, 0.6) is 0 Å². The van der Waals surface area contributed by atoms with Crippen LogP contribution in [0.2, 0.25) is 0 Å². The number of carbonyl (C=O) groups is 3. The molecule has 0 aromatic carbocycles. The van der Waals surface area contributed by atoms with E-state index in [1.165, 1.54) is 0 Å². The Balaban J connectivity index is 1.87. The molecule has 11 heteroatoms. The molecule has 25 heavy (non-hydrogen) atoms. The van der Waals surface area contributed by atoms with Gasteiger partial charge in [0.2, 0.25) is 11.8 Å². The van der Waals surface area contributed by atoms with Crippen molar-refractivity contribution in [3.8, 4) is 0 Å². The van der Waals surface area contributed by atoms with Gasteiger partial charge in [0.25, 0.3) is 0 Å². The van der Waals surface area contributed by atoms with Crippen molar-refractivity contribution in [3.05, 3.63) is 10.4 Å². The molecule has 2 amide bonds. The van der Waals surface area contributed by atoms with Crippen molar-refractivity contribution in [2.24, 2.45) is 5.28 Å². The molecule has 0 atom stereocenters. The minimum atomic E-state index is -0.292. The van der Waals surface area contributed by atoms with E-state index in [-0.39, 0.29) is 56.6 Å². The lowest BCUT2D eigenvalue weighted by Gasteiger charge is -2.12. The fourth-order valence-electron chi connectivity index (χ4n) is 1.95. The van der Waals surface area contributed by atoms with E-state index in [0.717, 1.165) is 4.90 Å². The number of Topliss-reactive ketones (excluding diaryl/α,β-unsaturated/α-hetero) is 1. The average Bonchev–Trinajstić information content (AvgIpc) is 2.91. The molecule has 0 saturated carbocycles. The average molecular weight is 358 g/mol. The first-order valence-corrected chi connectivity index (χ1v) is 7.89. The predicted octanol–water partition coefficient (Wildman–Crippen LogP) is 0.386. The summed E-state index contributed by atoms with van der Waals surface area (Å²) >= 11 is 0. The van der Waals surface area contributed by atoms with Crippen molar-refractivity contribution < 1.29 is 33.4 Å². The molecule has 1 aliphatic rings. The van der Waals surface area contributed by atoms with Crippen LogP contribution in [0.1, 0.15) is 19.3 Å². The first kappa shape index (κ1) is 20.8. The van der Waals surface area contributed by atoms with E-state index in [9.17, 15) is 14.4 Å². The van der Waals surface area contributed by atoms with Crippen LogP contribution >= 0.6 is 0 Å². The molecule has 1 aliphatic heterocycles. The summed E-state index contributed by atoms with van der Waals surface area (Å²) in [5.41, 5.74) is 7.96. The fraction of sp³-hybridized carbons (Fsp3) is 0.786. The van der Waals surface area contributed by atoms with E-state index >= 15 is 0 Å². The summed E-state index contributed by atoms with van der Waals surface area (Å²) in [6, 6.07) is 0. The van der Waals surface area contributed by atoms with E-state index in [4.69, 9.17) is 19.7 Å². The van der Waals surface area contributed by atoms with Crippen LogP contribution < -0.4 is 0 Å². The first-order valence-electron chi connectivity index (χ1n) is 7.89. The minimum Gasteiger partial charge on any atom is -0.431 e. The Bertz CT molecular complexity index is 478. The topological polar surface area (TPSA) is 140 Å². The Morgan fingerprint density at radius 1 is 0.960 bits per heavy atom. The Labute approximate surface area is 144 Å². The third-order valence-corrected chi connectivity index (χ3v) is 3.17. The molecular formula is C14H22N4O7. The number of hydrogen-bond acceptors (Lipinski definition) is 8. The lowest BCUT2D eigenvalue weighted by Crippen LogP contribution is -2.34. The number of ketones is 1. The van der Waals surface area contributed by atoms with E-state index < -0.39 is 0 Å². The largest absolute Gasteiger partial charge is 0.431 e. The van der Waals surface area contributed by atoms with Crippen molar-refractivity contribution in [1.82, 2.24) is 4.90 Å². The lowest BCUT2D eigenvalue weighted by atomic mass is 10.3. The van der Waals surface area contributed by atoms with Crippen molar-refractivity contribution in [3.63, 3.8) is 0 Å².